The van der Waals surface area contributed by atoms with E-state index in [1.807, 2.05) is 6.92 Å². The number of hydrogen-bond donors (Lipinski definition) is 1. The maximum Gasteiger partial charge on any atom is 0.309 e. The first kappa shape index (κ1) is 14.0. The SMILES string of the molecule is CCCCOC(=O)[C@H]1CC[C@@](C)(C(=O)O)CC1. The maximum atomic E-state index is 11.7. The van der Waals surface area contributed by atoms with E-state index in [1.165, 1.54) is 0 Å². The van der Waals surface area contributed by atoms with Crippen LogP contribution < -0.4 is 0 Å². The molecule has 1 N–H and O–H groups in total. The fourth-order valence-corrected chi connectivity index (χ4v) is 2.14. The van der Waals surface area contributed by atoms with Gasteiger partial charge < -0.3 is 9.84 Å². The standard InChI is InChI=1S/C13H22O4/c1-3-4-9-17-11(14)10-5-7-13(2,8-6-10)12(15)16/h10H,3-9H2,1-2H3,(H,15,16)/t10-,13+. The van der Waals surface area contributed by atoms with Gasteiger partial charge in [-0.15, -0.1) is 0 Å². The Balaban J connectivity index is 2.36. The molecule has 0 unspecified atom stereocenters. The third-order valence-electron chi connectivity index (χ3n) is 3.68. The highest BCUT2D eigenvalue weighted by atomic mass is 16.5. The van der Waals surface area contributed by atoms with Gasteiger partial charge in [0.2, 0.25) is 0 Å². The van der Waals surface area contributed by atoms with Crippen LogP contribution in [0.1, 0.15) is 52.4 Å². The van der Waals surface area contributed by atoms with Gasteiger partial charge >= 0.3 is 11.9 Å². The van der Waals surface area contributed by atoms with Crippen molar-refractivity contribution in [3.05, 3.63) is 0 Å². The van der Waals surface area contributed by atoms with Crippen LogP contribution in [0.15, 0.2) is 0 Å². The van der Waals surface area contributed by atoms with E-state index in [0.29, 0.717) is 32.3 Å². The summed E-state index contributed by atoms with van der Waals surface area (Å²) in [7, 11) is 0. The summed E-state index contributed by atoms with van der Waals surface area (Å²) in [6.07, 6.45) is 4.30. The molecule has 17 heavy (non-hydrogen) atoms. The zero-order chi connectivity index (χ0) is 12.9. The van der Waals surface area contributed by atoms with Crippen molar-refractivity contribution in [2.24, 2.45) is 11.3 Å². The third kappa shape index (κ3) is 3.72. The van der Waals surface area contributed by atoms with Crippen LogP contribution in [0.2, 0.25) is 0 Å². The van der Waals surface area contributed by atoms with Gasteiger partial charge in [-0.05, 0) is 39.0 Å². The van der Waals surface area contributed by atoms with Crippen molar-refractivity contribution in [2.75, 3.05) is 6.61 Å². The summed E-state index contributed by atoms with van der Waals surface area (Å²) < 4.78 is 5.16. The Bertz CT molecular complexity index is 277. The second-order valence-corrected chi connectivity index (χ2v) is 5.16. The van der Waals surface area contributed by atoms with Gasteiger partial charge in [0, 0.05) is 0 Å². The number of unbranched alkanes of at least 4 members (excludes halogenated alkanes) is 1. The van der Waals surface area contributed by atoms with E-state index in [1.54, 1.807) is 6.92 Å². The van der Waals surface area contributed by atoms with Gasteiger partial charge in [-0.25, -0.2) is 0 Å². The number of rotatable bonds is 5. The zero-order valence-electron chi connectivity index (χ0n) is 10.7. The molecule has 0 heterocycles. The molecule has 0 aromatic heterocycles. The molecule has 0 spiro atoms. The van der Waals surface area contributed by atoms with Crippen molar-refractivity contribution in [2.45, 2.75) is 52.4 Å². The first-order chi connectivity index (χ1) is 7.99. The molecule has 0 aliphatic heterocycles. The maximum absolute atomic E-state index is 11.7. The minimum Gasteiger partial charge on any atom is -0.481 e. The Hall–Kier alpha value is -1.06. The Labute approximate surface area is 102 Å². The topological polar surface area (TPSA) is 63.6 Å². The molecule has 0 saturated heterocycles. The quantitative estimate of drug-likeness (QED) is 0.594. The summed E-state index contributed by atoms with van der Waals surface area (Å²) in [4.78, 5) is 22.7. The summed E-state index contributed by atoms with van der Waals surface area (Å²) in [5.41, 5.74) is -0.653. The van der Waals surface area contributed by atoms with E-state index in [0.717, 1.165) is 12.8 Å². The molecule has 1 rings (SSSR count). The van der Waals surface area contributed by atoms with E-state index in [9.17, 15) is 9.59 Å². The predicted molar refractivity (Wildman–Crippen MR) is 63.6 cm³/mol. The number of aliphatic carboxylic acids is 1. The van der Waals surface area contributed by atoms with E-state index >= 15 is 0 Å². The number of carbonyl (C=O) groups is 2. The van der Waals surface area contributed by atoms with Crippen LogP contribution in [0.5, 0.6) is 0 Å². The van der Waals surface area contributed by atoms with Crippen molar-refractivity contribution < 1.29 is 19.4 Å². The summed E-state index contributed by atoms with van der Waals surface area (Å²) in [6, 6.07) is 0. The molecule has 4 heteroatoms. The molecule has 1 aliphatic rings. The van der Waals surface area contributed by atoms with E-state index in [4.69, 9.17) is 9.84 Å². The average molecular weight is 242 g/mol. The molecule has 0 aromatic carbocycles. The highest BCUT2D eigenvalue weighted by Gasteiger charge is 2.39. The van der Waals surface area contributed by atoms with Crippen LogP contribution >= 0.6 is 0 Å². The molecule has 0 aromatic rings. The van der Waals surface area contributed by atoms with Gasteiger partial charge in [-0.3, -0.25) is 9.59 Å². The van der Waals surface area contributed by atoms with E-state index in [2.05, 4.69) is 0 Å². The molecule has 0 bridgehead atoms. The van der Waals surface area contributed by atoms with Gasteiger partial charge in [-0.1, -0.05) is 13.3 Å². The monoisotopic (exact) mass is 242 g/mol. The van der Waals surface area contributed by atoms with E-state index in [-0.39, 0.29) is 11.9 Å². The first-order valence-electron chi connectivity index (χ1n) is 6.39. The summed E-state index contributed by atoms with van der Waals surface area (Å²) >= 11 is 0. The van der Waals surface area contributed by atoms with Crippen molar-refractivity contribution in [3.8, 4) is 0 Å². The summed E-state index contributed by atoms with van der Waals surface area (Å²) in [5.74, 6) is -1.000. The molecule has 98 valence electrons. The lowest BCUT2D eigenvalue weighted by atomic mass is 9.72. The van der Waals surface area contributed by atoms with Crippen LogP contribution in [0.25, 0.3) is 0 Å². The predicted octanol–water partition coefficient (Wildman–Crippen LogP) is 2.61. The highest BCUT2D eigenvalue weighted by molar-refractivity contribution is 5.76. The molecule has 1 aliphatic carbocycles. The van der Waals surface area contributed by atoms with Crippen LogP contribution in [0, 0.1) is 11.3 Å². The number of esters is 1. The lowest BCUT2D eigenvalue weighted by molar-refractivity contribution is -0.156. The minimum absolute atomic E-state index is 0.0979. The summed E-state index contributed by atoms with van der Waals surface area (Å²) in [5, 5.41) is 9.08. The number of hydrogen-bond acceptors (Lipinski definition) is 3. The third-order valence-corrected chi connectivity index (χ3v) is 3.68. The van der Waals surface area contributed by atoms with Crippen LogP contribution in [-0.2, 0) is 14.3 Å². The molecule has 4 nitrogen and oxygen atoms in total. The molecular weight excluding hydrogens is 220 g/mol. The highest BCUT2D eigenvalue weighted by Crippen LogP contribution is 2.39. The molecule has 0 atom stereocenters. The minimum atomic E-state index is -0.754. The smallest absolute Gasteiger partial charge is 0.309 e. The summed E-state index contributed by atoms with van der Waals surface area (Å²) in [6.45, 7) is 4.29. The van der Waals surface area contributed by atoms with Gasteiger partial charge in [-0.2, -0.15) is 0 Å². The Kier molecular flexibility index (Phi) is 4.97. The normalized spacial score (nSPS) is 28.7. The van der Waals surface area contributed by atoms with Crippen molar-refractivity contribution in [1.82, 2.24) is 0 Å². The zero-order valence-corrected chi connectivity index (χ0v) is 10.7. The lowest BCUT2D eigenvalue weighted by Crippen LogP contribution is -2.35. The fourth-order valence-electron chi connectivity index (χ4n) is 2.14. The van der Waals surface area contributed by atoms with Crippen molar-refractivity contribution in [3.63, 3.8) is 0 Å². The van der Waals surface area contributed by atoms with Gasteiger partial charge in [0.15, 0.2) is 0 Å². The molecule has 0 amide bonds. The second-order valence-electron chi connectivity index (χ2n) is 5.16. The van der Waals surface area contributed by atoms with Gasteiger partial charge in [0.05, 0.1) is 17.9 Å². The Morgan fingerprint density at radius 1 is 1.35 bits per heavy atom. The Morgan fingerprint density at radius 3 is 2.41 bits per heavy atom. The van der Waals surface area contributed by atoms with Crippen molar-refractivity contribution in [1.29, 1.82) is 0 Å². The number of ether oxygens (including phenoxy) is 1. The first-order valence-corrected chi connectivity index (χ1v) is 6.39. The van der Waals surface area contributed by atoms with Crippen LogP contribution in [0.3, 0.4) is 0 Å². The lowest BCUT2D eigenvalue weighted by Gasteiger charge is -2.32. The number of carboxylic acids is 1. The Morgan fingerprint density at radius 2 is 1.94 bits per heavy atom. The number of carbonyl (C=O) groups excluding carboxylic acids is 1. The van der Waals surface area contributed by atoms with Crippen molar-refractivity contribution >= 4 is 11.9 Å². The largest absolute Gasteiger partial charge is 0.481 e. The molecule has 1 fully saturated rings. The van der Waals surface area contributed by atoms with Crippen LogP contribution in [-0.4, -0.2) is 23.7 Å². The second kappa shape index (κ2) is 6.03. The number of carboxylic acid groups (broad SMARTS) is 1. The van der Waals surface area contributed by atoms with E-state index < -0.39 is 11.4 Å². The van der Waals surface area contributed by atoms with Gasteiger partial charge in [0.1, 0.15) is 0 Å². The molecular formula is C13H22O4. The fraction of sp³-hybridized carbons (Fsp3) is 0.846. The van der Waals surface area contributed by atoms with Crippen LogP contribution in [0.4, 0.5) is 0 Å². The molecule has 1 saturated carbocycles. The average Bonchev–Trinajstić information content (AvgIpc) is 2.30. The molecule has 0 radical (unpaired) electrons. The van der Waals surface area contributed by atoms with Gasteiger partial charge in [0.25, 0.3) is 0 Å².